The molecule has 1 heterocycles. The lowest BCUT2D eigenvalue weighted by Gasteiger charge is -2.34. The molecule has 0 aromatic rings. The third-order valence-corrected chi connectivity index (χ3v) is 5.54. The fourth-order valence-corrected chi connectivity index (χ4v) is 4.08. The van der Waals surface area contributed by atoms with Gasteiger partial charge in [-0.25, -0.2) is 0 Å². The van der Waals surface area contributed by atoms with E-state index in [1.54, 1.807) is 7.11 Å². The SMILES string of the molecule is COC(OCCC(O)CO)[C@H]1[C@H](CCC=O)[C@H](O)C[C@@H]1OC1CCOCC1. The molecule has 2 aliphatic rings. The Kier molecular flexibility index (Phi) is 10.1. The van der Waals surface area contributed by atoms with Crippen LogP contribution < -0.4 is 0 Å². The Labute approximate surface area is 160 Å². The predicted octanol–water partition coefficient (Wildman–Crippen LogP) is 0.259. The Morgan fingerprint density at radius 3 is 2.67 bits per heavy atom. The van der Waals surface area contributed by atoms with Crippen molar-refractivity contribution in [3.63, 3.8) is 0 Å². The third kappa shape index (κ3) is 6.74. The van der Waals surface area contributed by atoms with Crippen LogP contribution in [0.1, 0.15) is 38.5 Å². The fourth-order valence-electron chi connectivity index (χ4n) is 4.08. The molecule has 1 saturated carbocycles. The number of methoxy groups -OCH3 is 1. The fraction of sp³-hybridized carbons (Fsp3) is 0.947. The standard InChI is InChI=1S/C19H34O8/c1-24-19(26-10-4-13(22)12-21)18-15(3-2-7-20)16(23)11-17(18)27-14-5-8-25-9-6-14/h7,13-19,21-23H,2-6,8-12H2,1H3/t13?,15-,16-,17+,18+,19?/m1/s1. The highest BCUT2D eigenvalue weighted by atomic mass is 16.7. The Balaban J connectivity index is 2.04. The average Bonchev–Trinajstić information content (AvgIpc) is 2.99. The van der Waals surface area contributed by atoms with E-state index >= 15 is 0 Å². The van der Waals surface area contributed by atoms with Crippen LogP contribution in [0.3, 0.4) is 0 Å². The quantitative estimate of drug-likeness (QED) is 0.321. The molecule has 0 radical (unpaired) electrons. The van der Waals surface area contributed by atoms with Gasteiger partial charge in [-0.15, -0.1) is 0 Å². The molecule has 0 aromatic carbocycles. The minimum Gasteiger partial charge on any atom is -0.394 e. The van der Waals surface area contributed by atoms with Crippen molar-refractivity contribution in [2.75, 3.05) is 33.5 Å². The smallest absolute Gasteiger partial charge is 0.162 e. The van der Waals surface area contributed by atoms with Gasteiger partial charge in [0.1, 0.15) is 6.29 Å². The molecule has 27 heavy (non-hydrogen) atoms. The van der Waals surface area contributed by atoms with E-state index in [1.807, 2.05) is 0 Å². The number of carbonyl (C=O) groups excluding carboxylic acids is 1. The summed E-state index contributed by atoms with van der Waals surface area (Å²) < 4.78 is 23.1. The molecule has 1 aliphatic carbocycles. The first-order valence-corrected chi connectivity index (χ1v) is 9.88. The molecule has 2 fully saturated rings. The first-order valence-electron chi connectivity index (χ1n) is 9.88. The summed E-state index contributed by atoms with van der Waals surface area (Å²) in [5.74, 6) is -0.369. The van der Waals surface area contributed by atoms with E-state index in [0.717, 1.165) is 19.1 Å². The van der Waals surface area contributed by atoms with E-state index < -0.39 is 18.5 Å². The van der Waals surface area contributed by atoms with Crippen molar-refractivity contribution in [1.29, 1.82) is 0 Å². The molecule has 0 amide bonds. The lowest BCUT2D eigenvalue weighted by molar-refractivity contribution is -0.199. The highest BCUT2D eigenvalue weighted by molar-refractivity contribution is 5.49. The Bertz CT molecular complexity index is 415. The summed E-state index contributed by atoms with van der Waals surface area (Å²) in [5.41, 5.74) is 0. The van der Waals surface area contributed by atoms with Crippen molar-refractivity contribution in [3.05, 3.63) is 0 Å². The maximum absolute atomic E-state index is 10.9. The van der Waals surface area contributed by atoms with Gasteiger partial charge in [-0.3, -0.25) is 0 Å². The van der Waals surface area contributed by atoms with Crippen LogP contribution in [0.5, 0.6) is 0 Å². The predicted molar refractivity (Wildman–Crippen MR) is 96.1 cm³/mol. The van der Waals surface area contributed by atoms with E-state index in [1.165, 1.54) is 0 Å². The highest BCUT2D eigenvalue weighted by Crippen LogP contribution is 2.41. The number of ether oxygens (including phenoxy) is 4. The molecule has 2 unspecified atom stereocenters. The van der Waals surface area contributed by atoms with Crippen molar-refractivity contribution in [3.8, 4) is 0 Å². The van der Waals surface area contributed by atoms with Crippen molar-refractivity contribution in [1.82, 2.24) is 0 Å². The summed E-state index contributed by atoms with van der Waals surface area (Å²) in [6, 6.07) is 0. The zero-order chi connectivity index (χ0) is 19.6. The Morgan fingerprint density at radius 2 is 2.04 bits per heavy atom. The van der Waals surface area contributed by atoms with Crippen LogP contribution in [0, 0.1) is 11.8 Å². The van der Waals surface area contributed by atoms with Crippen LogP contribution in [-0.2, 0) is 23.7 Å². The minimum absolute atomic E-state index is 0.0805. The van der Waals surface area contributed by atoms with Gasteiger partial charge < -0.3 is 39.1 Å². The summed E-state index contributed by atoms with van der Waals surface area (Å²) in [6.45, 7) is 1.24. The highest BCUT2D eigenvalue weighted by Gasteiger charge is 2.48. The summed E-state index contributed by atoms with van der Waals surface area (Å²) in [5, 5.41) is 29.0. The van der Waals surface area contributed by atoms with Gasteiger partial charge in [0.15, 0.2) is 6.29 Å². The van der Waals surface area contributed by atoms with Gasteiger partial charge in [0, 0.05) is 39.1 Å². The third-order valence-electron chi connectivity index (χ3n) is 5.54. The first kappa shape index (κ1) is 22.7. The van der Waals surface area contributed by atoms with E-state index in [-0.39, 0.29) is 43.7 Å². The van der Waals surface area contributed by atoms with Gasteiger partial charge in [-0.1, -0.05) is 0 Å². The molecule has 8 heteroatoms. The number of carbonyl (C=O) groups is 1. The average molecular weight is 390 g/mol. The zero-order valence-electron chi connectivity index (χ0n) is 16.1. The molecule has 0 bridgehead atoms. The van der Waals surface area contributed by atoms with Gasteiger partial charge in [-0.05, 0) is 31.6 Å². The Hall–Kier alpha value is -0.610. The number of hydrogen-bond acceptors (Lipinski definition) is 8. The molecular weight excluding hydrogens is 356 g/mol. The molecule has 8 nitrogen and oxygen atoms in total. The number of hydrogen-bond donors (Lipinski definition) is 3. The molecule has 0 spiro atoms. The second kappa shape index (κ2) is 12.1. The molecule has 1 saturated heterocycles. The number of rotatable bonds is 12. The van der Waals surface area contributed by atoms with E-state index in [9.17, 15) is 15.0 Å². The van der Waals surface area contributed by atoms with Crippen molar-refractivity contribution >= 4 is 6.29 Å². The summed E-state index contributed by atoms with van der Waals surface area (Å²) in [6.07, 6.45) is 1.99. The largest absolute Gasteiger partial charge is 0.394 e. The van der Waals surface area contributed by atoms with Crippen LogP contribution >= 0.6 is 0 Å². The van der Waals surface area contributed by atoms with Crippen LogP contribution in [0.25, 0.3) is 0 Å². The number of aliphatic hydroxyl groups excluding tert-OH is 3. The number of aliphatic hydroxyl groups is 3. The second-order valence-corrected chi connectivity index (χ2v) is 7.37. The van der Waals surface area contributed by atoms with Crippen LogP contribution in [0.2, 0.25) is 0 Å². The zero-order valence-corrected chi connectivity index (χ0v) is 16.1. The Morgan fingerprint density at radius 1 is 1.30 bits per heavy atom. The van der Waals surface area contributed by atoms with Gasteiger partial charge in [0.2, 0.25) is 0 Å². The maximum atomic E-state index is 10.9. The van der Waals surface area contributed by atoms with Crippen LogP contribution in [0.15, 0.2) is 0 Å². The van der Waals surface area contributed by atoms with Crippen LogP contribution in [-0.4, -0.2) is 85.8 Å². The first-order chi connectivity index (χ1) is 13.1. The van der Waals surface area contributed by atoms with Crippen LogP contribution in [0.4, 0.5) is 0 Å². The van der Waals surface area contributed by atoms with Gasteiger partial charge >= 0.3 is 0 Å². The molecular formula is C19H34O8. The maximum Gasteiger partial charge on any atom is 0.162 e. The van der Waals surface area contributed by atoms with Crippen molar-refractivity contribution < 1.29 is 39.1 Å². The van der Waals surface area contributed by atoms with Gasteiger partial charge in [0.25, 0.3) is 0 Å². The minimum atomic E-state index is -0.836. The van der Waals surface area contributed by atoms with Gasteiger partial charge in [0.05, 0.1) is 37.6 Å². The van der Waals surface area contributed by atoms with Crippen molar-refractivity contribution in [2.45, 2.75) is 69.2 Å². The molecule has 1 aliphatic heterocycles. The summed E-state index contributed by atoms with van der Waals surface area (Å²) in [7, 11) is 1.54. The lowest BCUT2D eigenvalue weighted by atomic mass is 9.88. The summed E-state index contributed by atoms with van der Waals surface area (Å²) >= 11 is 0. The molecule has 2 rings (SSSR count). The van der Waals surface area contributed by atoms with E-state index in [0.29, 0.717) is 32.5 Å². The topological polar surface area (TPSA) is 115 Å². The second-order valence-electron chi connectivity index (χ2n) is 7.37. The molecule has 158 valence electrons. The molecule has 0 aromatic heterocycles. The number of aldehydes is 1. The normalized spacial score (nSPS) is 31.7. The van der Waals surface area contributed by atoms with E-state index in [2.05, 4.69) is 0 Å². The van der Waals surface area contributed by atoms with Gasteiger partial charge in [-0.2, -0.15) is 0 Å². The lowest BCUT2D eigenvalue weighted by Crippen LogP contribution is -2.40. The molecule has 6 atom stereocenters. The monoisotopic (exact) mass is 390 g/mol. The van der Waals surface area contributed by atoms with Crippen molar-refractivity contribution in [2.24, 2.45) is 11.8 Å². The van der Waals surface area contributed by atoms with E-state index in [4.69, 9.17) is 24.1 Å². The molecule has 3 N–H and O–H groups in total. The summed E-state index contributed by atoms with van der Waals surface area (Å²) in [4.78, 5) is 10.9.